The normalized spacial score (nSPS) is 11.8. The van der Waals surface area contributed by atoms with Gasteiger partial charge in [0.25, 0.3) is 0 Å². The van der Waals surface area contributed by atoms with Crippen molar-refractivity contribution >= 4 is 65.3 Å². The smallest absolute Gasteiger partial charge is 0.164 e. The molecule has 9 aromatic carbocycles. The Balaban J connectivity index is 1.03. The lowest BCUT2D eigenvalue weighted by molar-refractivity contribution is 0.669. The minimum absolute atomic E-state index is 0.620. The summed E-state index contributed by atoms with van der Waals surface area (Å²) in [6, 6.07) is 68.1. The van der Waals surface area contributed by atoms with Gasteiger partial charge in [-0.25, -0.2) is 15.0 Å². The third-order valence-corrected chi connectivity index (χ3v) is 11.4. The van der Waals surface area contributed by atoms with Crippen molar-refractivity contribution in [1.29, 1.82) is 0 Å². The monoisotopic (exact) mass is 740 g/mol. The number of rotatable bonds is 5. The molecule has 0 atom stereocenters. The van der Waals surface area contributed by atoms with E-state index in [1.807, 2.05) is 36.4 Å². The fourth-order valence-electron chi connectivity index (χ4n) is 8.58. The topological polar surface area (TPSA) is 56.7 Å². The van der Waals surface area contributed by atoms with Crippen LogP contribution in [0.15, 0.2) is 199 Å². The Hall–Kier alpha value is -7.89. The summed E-state index contributed by atoms with van der Waals surface area (Å²) in [5.41, 5.74) is 10.00. The largest absolute Gasteiger partial charge is 0.456 e. The van der Waals surface area contributed by atoms with Gasteiger partial charge < -0.3 is 8.98 Å². The van der Waals surface area contributed by atoms with Crippen molar-refractivity contribution in [3.63, 3.8) is 0 Å². The molecule has 58 heavy (non-hydrogen) atoms. The highest BCUT2D eigenvalue weighted by molar-refractivity contribution is 6.17. The van der Waals surface area contributed by atoms with Gasteiger partial charge in [-0.1, -0.05) is 152 Å². The molecule has 0 saturated heterocycles. The molecule has 5 nitrogen and oxygen atoms in total. The molecule has 3 aromatic heterocycles. The molecule has 0 radical (unpaired) electrons. The van der Waals surface area contributed by atoms with E-state index in [1.54, 1.807) is 0 Å². The van der Waals surface area contributed by atoms with Gasteiger partial charge in [0, 0.05) is 32.8 Å². The maximum absolute atomic E-state index is 6.64. The van der Waals surface area contributed by atoms with Crippen LogP contribution < -0.4 is 0 Å². The molecule has 0 saturated carbocycles. The lowest BCUT2D eigenvalue weighted by Crippen LogP contribution is -2.00. The van der Waals surface area contributed by atoms with Gasteiger partial charge in [0.1, 0.15) is 11.2 Å². The van der Waals surface area contributed by atoms with Gasteiger partial charge in [-0.15, -0.1) is 0 Å². The molecule has 0 spiro atoms. The molecule has 0 aliphatic heterocycles. The molecular formula is C53H32N4O. The van der Waals surface area contributed by atoms with Gasteiger partial charge >= 0.3 is 0 Å². The third kappa shape index (κ3) is 5.21. The minimum atomic E-state index is 0.620. The van der Waals surface area contributed by atoms with Gasteiger partial charge in [0.05, 0.1) is 22.1 Å². The van der Waals surface area contributed by atoms with Crippen molar-refractivity contribution in [3.05, 3.63) is 194 Å². The zero-order valence-electron chi connectivity index (χ0n) is 31.2. The number of aromatic nitrogens is 4. The van der Waals surface area contributed by atoms with Gasteiger partial charge in [-0.05, 0) is 75.1 Å². The van der Waals surface area contributed by atoms with Crippen molar-refractivity contribution in [2.24, 2.45) is 0 Å². The first kappa shape index (κ1) is 32.4. The summed E-state index contributed by atoms with van der Waals surface area (Å²) in [5.74, 6) is 1.89. The summed E-state index contributed by atoms with van der Waals surface area (Å²) in [7, 11) is 0. The first-order chi connectivity index (χ1) is 28.7. The molecule has 0 aliphatic rings. The van der Waals surface area contributed by atoms with Crippen LogP contribution in [0.2, 0.25) is 0 Å². The summed E-state index contributed by atoms with van der Waals surface area (Å²) in [6.07, 6.45) is 0. The van der Waals surface area contributed by atoms with E-state index in [0.29, 0.717) is 17.5 Å². The Morgan fingerprint density at radius 3 is 1.67 bits per heavy atom. The highest BCUT2D eigenvalue weighted by atomic mass is 16.3. The Kier molecular flexibility index (Phi) is 7.16. The molecule has 0 fully saturated rings. The zero-order valence-corrected chi connectivity index (χ0v) is 31.2. The van der Waals surface area contributed by atoms with E-state index in [9.17, 15) is 0 Å². The van der Waals surface area contributed by atoms with Crippen LogP contribution in [0.3, 0.4) is 0 Å². The number of furan rings is 1. The van der Waals surface area contributed by atoms with E-state index >= 15 is 0 Å². The number of hydrogen-bond donors (Lipinski definition) is 0. The standard InChI is InChI=1S/C53H32N4O/c1-2-13-35(14-3-1)51-54-52(56-53(55-51)40-27-24-33-12-4-5-15-37(33)28-40)36-25-22-34(23-26-36)41-31-47(50-43-19-9-11-21-48(43)58-49(50)32-41)57-45-20-10-8-18-42(45)44-29-38-16-6-7-17-39(38)30-46(44)57/h1-32H. The average molecular weight is 741 g/mol. The van der Waals surface area contributed by atoms with Gasteiger partial charge in [-0.2, -0.15) is 0 Å². The van der Waals surface area contributed by atoms with Crippen LogP contribution >= 0.6 is 0 Å². The minimum Gasteiger partial charge on any atom is -0.456 e. The van der Waals surface area contributed by atoms with Crippen molar-refractivity contribution in [2.75, 3.05) is 0 Å². The molecule has 0 amide bonds. The second-order valence-electron chi connectivity index (χ2n) is 14.8. The summed E-state index contributed by atoms with van der Waals surface area (Å²) in [4.78, 5) is 15.1. The van der Waals surface area contributed by atoms with Crippen molar-refractivity contribution in [2.45, 2.75) is 0 Å². The number of benzene rings is 9. The highest BCUT2D eigenvalue weighted by Gasteiger charge is 2.20. The van der Waals surface area contributed by atoms with E-state index in [0.717, 1.165) is 71.9 Å². The Morgan fingerprint density at radius 1 is 0.328 bits per heavy atom. The quantitative estimate of drug-likeness (QED) is 0.176. The van der Waals surface area contributed by atoms with Crippen LogP contribution in [0.1, 0.15) is 0 Å². The molecule has 0 N–H and O–H groups in total. The molecule has 0 bridgehead atoms. The molecule has 12 rings (SSSR count). The molecule has 5 heteroatoms. The van der Waals surface area contributed by atoms with Crippen molar-refractivity contribution in [3.8, 4) is 51.0 Å². The van der Waals surface area contributed by atoms with E-state index in [4.69, 9.17) is 19.4 Å². The zero-order chi connectivity index (χ0) is 38.2. The lowest BCUT2D eigenvalue weighted by atomic mass is 10.00. The van der Waals surface area contributed by atoms with Gasteiger partial charge in [0.15, 0.2) is 17.5 Å². The number of fused-ring (bicyclic) bond motifs is 8. The molecular weight excluding hydrogens is 709 g/mol. The molecule has 270 valence electrons. The summed E-state index contributed by atoms with van der Waals surface area (Å²) < 4.78 is 9.06. The Labute approximate surface area is 333 Å². The van der Waals surface area contributed by atoms with Gasteiger partial charge in [-0.3, -0.25) is 0 Å². The number of hydrogen-bond acceptors (Lipinski definition) is 4. The fraction of sp³-hybridized carbons (Fsp3) is 0. The highest BCUT2D eigenvalue weighted by Crippen LogP contribution is 2.42. The second-order valence-corrected chi connectivity index (χ2v) is 14.8. The van der Waals surface area contributed by atoms with Gasteiger partial charge in [0.2, 0.25) is 0 Å². The van der Waals surface area contributed by atoms with Crippen LogP contribution in [0.4, 0.5) is 0 Å². The molecule has 3 heterocycles. The van der Waals surface area contributed by atoms with Crippen LogP contribution in [0.25, 0.3) is 116 Å². The number of nitrogens with zero attached hydrogens (tertiary/aromatic N) is 4. The maximum Gasteiger partial charge on any atom is 0.164 e. The molecule has 0 aliphatic carbocycles. The molecule has 0 unspecified atom stereocenters. The SMILES string of the molecule is c1ccc(-c2nc(-c3ccc(-c4cc(-n5c6ccccc6c6cc7ccccc7cc65)c5c(c4)oc4ccccc45)cc3)nc(-c3ccc4ccccc4c3)n2)cc1. The second kappa shape index (κ2) is 12.8. The summed E-state index contributed by atoms with van der Waals surface area (Å²) in [6.45, 7) is 0. The predicted octanol–water partition coefficient (Wildman–Crippen LogP) is 13.8. The number of para-hydroxylation sites is 2. The first-order valence-corrected chi connectivity index (χ1v) is 19.5. The summed E-state index contributed by atoms with van der Waals surface area (Å²) in [5, 5.41) is 9.37. The Morgan fingerprint density at radius 2 is 0.897 bits per heavy atom. The molecule has 12 aromatic rings. The van der Waals surface area contributed by atoms with Crippen molar-refractivity contribution in [1.82, 2.24) is 19.5 Å². The van der Waals surface area contributed by atoms with E-state index in [-0.39, 0.29) is 0 Å². The van der Waals surface area contributed by atoms with E-state index < -0.39 is 0 Å². The van der Waals surface area contributed by atoms with Crippen LogP contribution in [-0.4, -0.2) is 19.5 Å². The maximum atomic E-state index is 6.64. The van der Waals surface area contributed by atoms with Crippen LogP contribution in [0.5, 0.6) is 0 Å². The van der Waals surface area contributed by atoms with Crippen LogP contribution in [-0.2, 0) is 0 Å². The van der Waals surface area contributed by atoms with E-state index in [1.165, 1.54) is 26.9 Å². The average Bonchev–Trinajstić information content (AvgIpc) is 3.83. The van der Waals surface area contributed by atoms with E-state index in [2.05, 4.69) is 162 Å². The fourth-order valence-corrected chi connectivity index (χ4v) is 8.58. The van der Waals surface area contributed by atoms with Crippen LogP contribution in [0, 0.1) is 0 Å². The first-order valence-electron chi connectivity index (χ1n) is 19.5. The summed E-state index contributed by atoms with van der Waals surface area (Å²) >= 11 is 0. The Bertz CT molecular complexity index is 3560. The lowest BCUT2D eigenvalue weighted by Gasteiger charge is -2.13. The predicted molar refractivity (Wildman–Crippen MR) is 238 cm³/mol. The third-order valence-electron chi connectivity index (χ3n) is 11.4. The van der Waals surface area contributed by atoms with Crippen molar-refractivity contribution < 1.29 is 4.42 Å².